The van der Waals surface area contributed by atoms with Gasteiger partial charge in [0.05, 0.1) is 19.6 Å². The zero-order valence-corrected chi connectivity index (χ0v) is 14.9. The number of hydrogen-bond donors (Lipinski definition) is 2. The highest BCUT2D eigenvalue weighted by atomic mass is 32.1. The quantitative estimate of drug-likeness (QED) is 0.620. The summed E-state index contributed by atoms with van der Waals surface area (Å²) in [5.74, 6) is -0.854. The number of thiophene rings is 1. The third-order valence-electron chi connectivity index (χ3n) is 3.81. The molecule has 2 aromatic rings. The highest BCUT2D eigenvalue weighted by Gasteiger charge is 2.24. The van der Waals surface area contributed by atoms with Gasteiger partial charge < -0.3 is 15.0 Å². The first-order chi connectivity index (χ1) is 11.3. The van der Waals surface area contributed by atoms with Crippen molar-refractivity contribution in [1.29, 1.82) is 0 Å². The number of Topliss-reactive ketones (excluding diaryl/α,β-unsaturated/α-hetero) is 1. The van der Waals surface area contributed by atoms with Crippen LogP contribution >= 0.6 is 11.3 Å². The second kappa shape index (κ2) is 7.44. The number of esters is 1. The SMILES string of the molecule is COC(=O)C[C@H](NC(=O)c1[nH]c(C)c(C(C)=O)c1C)c1cccs1. The topological polar surface area (TPSA) is 88.3 Å². The minimum Gasteiger partial charge on any atom is -0.469 e. The van der Waals surface area contributed by atoms with Gasteiger partial charge in [-0.05, 0) is 37.8 Å². The summed E-state index contributed by atoms with van der Waals surface area (Å²) in [5, 5.41) is 4.73. The van der Waals surface area contributed by atoms with E-state index in [9.17, 15) is 14.4 Å². The van der Waals surface area contributed by atoms with Crippen molar-refractivity contribution < 1.29 is 19.1 Å². The lowest BCUT2D eigenvalue weighted by molar-refractivity contribution is -0.141. The predicted molar refractivity (Wildman–Crippen MR) is 91.4 cm³/mol. The first kappa shape index (κ1) is 17.9. The van der Waals surface area contributed by atoms with Crippen LogP contribution < -0.4 is 5.32 Å². The van der Waals surface area contributed by atoms with E-state index in [-0.39, 0.29) is 18.1 Å². The van der Waals surface area contributed by atoms with E-state index in [1.165, 1.54) is 25.4 Å². The molecule has 0 aromatic carbocycles. The first-order valence-corrected chi connectivity index (χ1v) is 8.34. The summed E-state index contributed by atoms with van der Waals surface area (Å²) in [6, 6.07) is 3.23. The zero-order chi connectivity index (χ0) is 17.9. The molecule has 2 aromatic heterocycles. The lowest BCUT2D eigenvalue weighted by Crippen LogP contribution is -2.30. The Hall–Kier alpha value is -2.41. The number of aromatic nitrogens is 1. The van der Waals surface area contributed by atoms with Crippen molar-refractivity contribution in [1.82, 2.24) is 10.3 Å². The minimum atomic E-state index is -0.478. The molecule has 0 saturated carbocycles. The molecule has 0 aliphatic carbocycles. The fourth-order valence-corrected chi connectivity index (χ4v) is 3.48. The molecule has 1 amide bonds. The molecular weight excluding hydrogens is 328 g/mol. The number of H-pyrrole nitrogens is 1. The number of nitrogens with one attached hydrogen (secondary N) is 2. The number of aryl methyl sites for hydroxylation is 1. The molecule has 2 heterocycles. The Morgan fingerprint density at radius 3 is 2.54 bits per heavy atom. The van der Waals surface area contributed by atoms with Crippen LogP contribution in [-0.4, -0.2) is 29.8 Å². The van der Waals surface area contributed by atoms with Crippen LogP contribution in [0.15, 0.2) is 17.5 Å². The summed E-state index contributed by atoms with van der Waals surface area (Å²) in [4.78, 5) is 39.8. The van der Waals surface area contributed by atoms with Gasteiger partial charge in [-0.15, -0.1) is 11.3 Å². The van der Waals surface area contributed by atoms with Crippen molar-refractivity contribution in [3.05, 3.63) is 44.9 Å². The molecule has 1 atom stereocenters. The molecule has 0 saturated heterocycles. The Morgan fingerprint density at radius 1 is 1.33 bits per heavy atom. The number of ether oxygens (including phenoxy) is 1. The summed E-state index contributed by atoms with van der Waals surface area (Å²) >= 11 is 1.45. The highest BCUT2D eigenvalue weighted by Crippen LogP contribution is 2.24. The molecule has 7 heteroatoms. The summed E-state index contributed by atoms with van der Waals surface area (Å²) in [7, 11) is 1.31. The summed E-state index contributed by atoms with van der Waals surface area (Å²) in [6.07, 6.45) is 0.0427. The van der Waals surface area contributed by atoms with Gasteiger partial charge in [-0.3, -0.25) is 14.4 Å². The lowest BCUT2D eigenvalue weighted by atomic mass is 10.1. The smallest absolute Gasteiger partial charge is 0.307 e. The van der Waals surface area contributed by atoms with Crippen molar-refractivity contribution in [3.63, 3.8) is 0 Å². The first-order valence-electron chi connectivity index (χ1n) is 7.46. The fourth-order valence-electron chi connectivity index (χ4n) is 2.70. The minimum absolute atomic E-state index is 0.0427. The number of methoxy groups -OCH3 is 1. The maximum atomic E-state index is 12.6. The molecule has 2 rings (SSSR count). The second-order valence-corrected chi connectivity index (χ2v) is 6.48. The Labute approximate surface area is 144 Å². The van der Waals surface area contributed by atoms with Crippen LogP contribution in [0.25, 0.3) is 0 Å². The molecular formula is C17H20N2O4S. The van der Waals surface area contributed by atoms with Crippen LogP contribution in [0.5, 0.6) is 0 Å². The van der Waals surface area contributed by atoms with Gasteiger partial charge in [-0.1, -0.05) is 6.07 Å². The normalized spacial score (nSPS) is 11.8. The lowest BCUT2D eigenvalue weighted by Gasteiger charge is -2.16. The monoisotopic (exact) mass is 348 g/mol. The van der Waals surface area contributed by atoms with Crippen molar-refractivity contribution in [2.45, 2.75) is 33.2 Å². The van der Waals surface area contributed by atoms with Crippen LogP contribution in [-0.2, 0) is 9.53 Å². The number of carbonyl (C=O) groups excluding carboxylic acids is 3. The Balaban J connectivity index is 2.26. The second-order valence-electron chi connectivity index (χ2n) is 5.50. The van der Waals surface area contributed by atoms with Crippen LogP contribution in [0.2, 0.25) is 0 Å². The highest BCUT2D eigenvalue weighted by molar-refractivity contribution is 7.10. The molecule has 6 nitrogen and oxygen atoms in total. The van der Waals surface area contributed by atoms with Crippen LogP contribution in [0.3, 0.4) is 0 Å². The van der Waals surface area contributed by atoms with Crippen LogP contribution in [0.4, 0.5) is 0 Å². The van der Waals surface area contributed by atoms with Crippen LogP contribution in [0, 0.1) is 13.8 Å². The van der Waals surface area contributed by atoms with Gasteiger partial charge in [0.1, 0.15) is 5.69 Å². The van der Waals surface area contributed by atoms with Gasteiger partial charge in [-0.2, -0.15) is 0 Å². The van der Waals surface area contributed by atoms with E-state index >= 15 is 0 Å². The van der Waals surface area contributed by atoms with E-state index in [1.54, 1.807) is 13.8 Å². The number of ketones is 1. The average Bonchev–Trinajstić information content (AvgIpc) is 3.14. The number of hydrogen-bond acceptors (Lipinski definition) is 5. The van der Waals surface area contributed by atoms with Gasteiger partial charge in [-0.25, -0.2) is 0 Å². The summed E-state index contributed by atoms with van der Waals surface area (Å²) in [6.45, 7) is 4.96. The van der Waals surface area contributed by atoms with E-state index in [4.69, 9.17) is 4.74 Å². The van der Waals surface area contributed by atoms with Crippen molar-refractivity contribution in [3.8, 4) is 0 Å². The van der Waals surface area contributed by atoms with E-state index in [0.29, 0.717) is 22.5 Å². The van der Waals surface area contributed by atoms with Gasteiger partial charge in [0.2, 0.25) is 0 Å². The molecule has 128 valence electrons. The molecule has 0 bridgehead atoms. The van der Waals surface area contributed by atoms with E-state index in [2.05, 4.69) is 10.3 Å². The average molecular weight is 348 g/mol. The van der Waals surface area contributed by atoms with Gasteiger partial charge in [0, 0.05) is 16.1 Å². The fraction of sp³-hybridized carbons (Fsp3) is 0.353. The van der Waals surface area contributed by atoms with Gasteiger partial charge in [0.15, 0.2) is 5.78 Å². The van der Waals surface area contributed by atoms with Crippen molar-refractivity contribution in [2.75, 3.05) is 7.11 Å². The van der Waals surface area contributed by atoms with E-state index < -0.39 is 12.0 Å². The van der Waals surface area contributed by atoms with Gasteiger partial charge in [0.25, 0.3) is 5.91 Å². The molecule has 0 spiro atoms. The van der Waals surface area contributed by atoms with Crippen molar-refractivity contribution in [2.24, 2.45) is 0 Å². The standard InChI is InChI=1S/C17H20N2O4S/c1-9-15(11(3)20)10(2)18-16(9)17(22)19-12(8-14(21)23-4)13-6-5-7-24-13/h5-7,12,18H,8H2,1-4H3,(H,19,22)/t12-/m0/s1. The zero-order valence-electron chi connectivity index (χ0n) is 14.1. The predicted octanol–water partition coefficient (Wildman–Crippen LogP) is 2.93. The largest absolute Gasteiger partial charge is 0.469 e. The maximum Gasteiger partial charge on any atom is 0.307 e. The Bertz CT molecular complexity index is 762. The van der Waals surface area contributed by atoms with Gasteiger partial charge >= 0.3 is 5.97 Å². The number of rotatable bonds is 6. The third kappa shape index (κ3) is 3.73. The number of aromatic amines is 1. The molecule has 24 heavy (non-hydrogen) atoms. The molecule has 0 radical (unpaired) electrons. The molecule has 0 aliphatic rings. The van der Waals surface area contributed by atoms with Crippen LogP contribution in [0.1, 0.15) is 56.4 Å². The maximum absolute atomic E-state index is 12.6. The molecule has 0 unspecified atom stereocenters. The van der Waals surface area contributed by atoms with E-state index in [1.807, 2.05) is 17.5 Å². The Kier molecular flexibility index (Phi) is 5.56. The third-order valence-corrected chi connectivity index (χ3v) is 4.79. The van der Waals surface area contributed by atoms with E-state index in [0.717, 1.165) is 4.88 Å². The molecule has 0 aliphatic heterocycles. The summed E-state index contributed by atoms with van der Waals surface area (Å²) < 4.78 is 4.71. The van der Waals surface area contributed by atoms with Crippen molar-refractivity contribution >= 4 is 29.0 Å². The molecule has 0 fully saturated rings. The number of amides is 1. The summed E-state index contributed by atoms with van der Waals surface area (Å²) in [5.41, 5.74) is 2.14. The number of carbonyl (C=O) groups is 3. The molecule has 2 N–H and O–H groups in total. The Morgan fingerprint density at radius 2 is 2.04 bits per heavy atom.